The largest absolute Gasteiger partial charge is 0.503 e. The van der Waals surface area contributed by atoms with Gasteiger partial charge in [-0.1, -0.05) is 18.5 Å². The van der Waals surface area contributed by atoms with Crippen LogP contribution in [-0.2, 0) is 6.42 Å². The first-order valence-corrected chi connectivity index (χ1v) is 3.46. The molecule has 1 aromatic rings. The number of unbranched alkanes of at least 4 members (excludes halogenated alkanes) is 1. The standard InChI is InChI=1S/C7H11NO2/c1-2-3-4-6-7(9)5-10-8-6/h5,9H,2-4H2,1H3. The third-order valence-corrected chi connectivity index (χ3v) is 1.39. The van der Waals surface area contributed by atoms with Gasteiger partial charge < -0.3 is 9.63 Å². The highest BCUT2D eigenvalue weighted by Gasteiger charge is 2.03. The number of nitrogens with zero attached hydrogens (tertiary/aromatic N) is 1. The van der Waals surface area contributed by atoms with Crippen LogP contribution in [0.3, 0.4) is 0 Å². The molecule has 1 heterocycles. The maximum atomic E-state index is 9.02. The van der Waals surface area contributed by atoms with Gasteiger partial charge in [0.2, 0.25) is 0 Å². The number of aromatic nitrogens is 1. The molecule has 0 atom stereocenters. The molecule has 0 saturated heterocycles. The summed E-state index contributed by atoms with van der Waals surface area (Å²) in [6.45, 7) is 2.09. The van der Waals surface area contributed by atoms with Gasteiger partial charge in [-0.05, 0) is 12.8 Å². The Kier molecular flexibility index (Phi) is 2.31. The van der Waals surface area contributed by atoms with Gasteiger partial charge in [-0.15, -0.1) is 0 Å². The van der Waals surface area contributed by atoms with Crippen LogP contribution in [0, 0.1) is 0 Å². The summed E-state index contributed by atoms with van der Waals surface area (Å²) in [5.41, 5.74) is 0.668. The van der Waals surface area contributed by atoms with Crippen molar-refractivity contribution in [3.8, 4) is 5.75 Å². The van der Waals surface area contributed by atoms with E-state index in [9.17, 15) is 0 Å². The van der Waals surface area contributed by atoms with E-state index in [1.54, 1.807) is 0 Å². The van der Waals surface area contributed by atoms with E-state index in [4.69, 9.17) is 5.11 Å². The van der Waals surface area contributed by atoms with Crippen LogP contribution in [-0.4, -0.2) is 10.3 Å². The van der Waals surface area contributed by atoms with Crippen molar-refractivity contribution in [3.05, 3.63) is 12.0 Å². The van der Waals surface area contributed by atoms with Crippen molar-refractivity contribution >= 4 is 0 Å². The summed E-state index contributed by atoms with van der Waals surface area (Å²) >= 11 is 0. The van der Waals surface area contributed by atoms with Gasteiger partial charge in [-0.3, -0.25) is 0 Å². The molecule has 0 spiro atoms. The molecular weight excluding hydrogens is 130 g/mol. The van der Waals surface area contributed by atoms with Gasteiger partial charge in [0.1, 0.15) is 5.69 Å². The van der Waals surface area contributed by atoms with Crippen molar-refractivity contribution in [1.82, 2.24) is 5.16 Å². The van der Waals surface area contributed by atoms with E-state index in [-0.39, 0.29) is 5.75 Å². The highest BCUT2D eigenvalue weighted by molar-refractivity contribution is 5.19. The van der Waals surface area contributed by atoms with Gasteiger partial charge in [0.15, 0.2) is 12.0 Å². The van der Waals surface area contributed by atoms with E-state index in [0.29, 0.717) is 5.69 Å². The second-order valence-electron chi connectivity index (χ2n) is 2.25. The molecule has 0 aliphatic rings. The van der Waals surface area contributed by atoms with E-state index < -0.39 is 0 Å². The Hall–Kier alpha value is -0.990. The van der Waals surface area contributed by atoms with Gasteiger partial charge in [-0.25, -0.2) is 0 Å². The molecule has 0 aromatic carbocycles. The molecule has 0 fully saturated rings. The van der Waals surface area contributed by atoms with Crippen molar-refractivity contribution in [1.29, 1.82) is 0 Å². The lowest BCUT2D eigenvalue weighted by Gasteiger charge is -1.90. The summed E-state index contributed by atoms with van der Waals surface area (Å²) in [4.78, 5) is 0. The second-order valence-corrected chi connectivity index (χ2v) is 2.25. The SMILES string of the molecule is CCCCc1nocc1O. The highest BCUT2D eigenvalue weighted by Crippen LogP contribution is 2.15. The van der Waals surface area contributed by atoms with Gasteiger partial charge in [0.25, 0.3) is 0 Å². The molecule has 1 N–H and O–H groups in total. The zero-order chi connectivity index (χ0) is 7.40. The topological polar surface area (TPSA) is 46.3 Å². The maximum Gasteiger partial charge on any atom is 0.178 e. The van der Waals surface area contributed by atoms with Crippen LogP contribution in [0.25, 0.3) is 0 Å². The monoisotopic (exact) mass is 141 g/mol. The van der Waals surface area contributed by atoms with Gasteiger partial charge >= 0.3 is 0 Å². The third-order valence-electron chi connectivity index (χ3n) is 1.39. The Balaban J connectivity index is 2.49. The molecule has 0 amide bonds. The Morgan fingerprint density at radius 1 is 1.70 bits per heavy atom. The summed E-state index contributed by atoms with van der Waals surface area (Å²) < 4.78 is 4.54. The highest BCUT2D eigenvalue weighted by atomic mass is 16.5. The van der Waals surface area contributed by atoms with Gasteiger partial charge in [0, 0.05) is 0 Å². The third kappa shape index (κ3) is 1.50. The summed E-state index contributed by atoms with van der Waals surface area (Å²) in [6, 6.07) is 0. The molecule has 3 nitrogen and oxygen atoms in total. The first-order chi connectivity index (χ1) is 4.84. The lowest BCUT2D eigenvalue weighted by Crippen LogP contribution is -1.83. The van der Waals surface area contributed by atoms with Crippen LogP contribution in [0.4, 0.5) is 0 Å². The minimum absolute atomic E-state index is 0.174. The Labute approximate surface area is 59.7 Å². The van der Waals surface area contributed by atoms with Crippen molar-refractivity contribution in [2.24, 2.45) is 0 Å². The summed E-state index contributed by atoms with van der Waals surface area (Å²) in [5, 5.41) is 12.6. The van der Waals surface area contributed by atoms with Crippen LogP contribution in [0.1, 0.15) is 25.5 Å². The average Bonchev–Trinajstić information content (AvgIpc) is 2.31. The van der Waals surface area contributed by atoms with E-state index in [1.165, 1.54) is 6.26 Å². The van der Waals surface area contributed by atoms with Gasteiger partial charge in [-0.2, -0.15) is 0 Å². The number of hydrogen-bond donors (Lipinski definition) is 1. The minimum Gasteiger partial charge on any atom is -0.503 e. The van der Waals surface area contributed by atoms with E-state index in [2.05, 4.69) is 16.6 Å². The quantitative estimate of drug-likeness (QED) is 0.697. The van der Waals surface area contributed by atoms with Crippen LogP contribution < -0.4 is 0 Å². The van der Waals surface area contributed by atoms with Gasteiger partial charge in [0.05, 0.1) is 0 Å². The first-order valence-electron chi connectivity index (χ1n) is 3.46. The number of aromatic hydroxyl groups is 1. The van der Waals surface area contributed by atoms with E-state index in [1.807, 2.05) is 0 Å². The zero-order valence-corrected chi connectivity index (χ0v) is 6.00. The average molecular weight is 141 g/mol. The molecule has 10 heavy (non-hydrogen) atoms. The molecule has 0 aliphatic heterocycles. The normalized spacial score (nSPS) is 10.1. The number of hydrogen-bond acceptors (Lipinski definition) is 3. The molecule has 1 rings (SSSR count). The van der Waals surface area contributed by atoms with Crippen LogP contribution in [0.5, 0.6) is 5.75 Å². The molecule has 3 heteroatoms. The van der Waals surface area contributed by atoms with E-state index >= 15 is 0 Å². The van der Waals surface area contributed by atoms with Crippen molar-refractivity contribution in [3.63, 3.8) is 0 Å². The Bertz CT molecular complexity index is 195. The fourth-order valence-electron chi connectivity index (χ4n) is 0.773. The fourth-order valence-corrected chi connectivity index (χ4v) is 0.773. The molecule has 0 radical (unpaired) electrons. The van der Waals surface area contributed by atoms with Crippen molar-refractivity contribution < 1.29 is 9.63 Å². The van der Waals surface area contributed by atoms with Crippen LogP contribution in [0.15, 0.2) is 10.8 Å². The summed E-state index contributed by atoms with van der Waals surface area (Å²) in [5.74, 6) is 0.174. The molecule has 1 aromatic heterocycles. The Morgan fingerprint density at radius 3 is 3.00 bits per heavy atom. The maximum absolute atomic E-state index is 9.02. The van der Waals surface area contributed by atoms with Crippen LogP contribution >= 0.6 is 0 Å². The second kappa shape index (κ2) is 3.25. The molecule has 0 unspecified atom stereocenters. The molecule has 0 aliphatic carbocycles. The minimum atomic E-state index is 0.174. The summed E-state index contributed by atoms with van der Waals surface area (Å²) in [7, 11) is 0. The molecule has 0 bridgehead atoms. The van der Waals surface area contributed by atoms with Crippen molar-refractivity contribution in [2.45, 2.75) is 26.2 Å². The predicted octanol–water partition coefficient (Wildman–Crippen LogP) is 1.72. The Morgan fingerprint density at radius 2 is 2.50 bits per heavy atom. The fraction of sp³-hybridized carbons (Fsp3) is 0.571. The first kappa shape index (κ1) is 7.12. The van der Waals surface area contributed by atoms with Crippen molar-refractivity contribution in [2.75, 3.05) is 0 Å². The lowest BCUT2D eigenvalue weighted by atomic mass is 10.2. The molecule has 0 saturated carbocycles. The predicted molar refractivity (Wildman–Crippen MR) is 36.8 cm³/mol. The molecular formula is C7H11NO2. The lowest BCUT2D eigenvalue weighted by molar-refractivity contribution is 0.404. The smallest absolute Gasteiger partial charge is 0.178 e. The van der Waals surface area contributed by atoms with E-state index in [0.717, 1.165) is 19.3 Å². The number of aryl methyl sites for hydroxylation is 1. The molecule has 56 valence electrons. The van der Waals surface area contributed by atoms with Crippen LogP contribution in [0.2, 0.25) is 0 Å². The summed E-state index contributed by atoms with van der Waals surface area (Å²) in [6.07, 6.45) is 4.20. The zero-order valence-electron chi connectivity index (χ0n) is 6.00. The number of rotatable bonds is 3.